The van der Waals surface area contributed by atoms with E-state index in [0.717, 1.165) is 53.8 Å². The number of halogens is 1. The average Bonchev–Trinajstić information content (AvgIpc) is 3.96. The number of benzene rings is 5. The molecule has 0 saturated carbocycles. The van der Waals surface area contributed by atoms with E-state index in [-0.39, 0.29) is 12.1 Å². The molecule has 0 N–H and O–H groups in total. The summed E-state index contributed by atoms with van der Waals surface area (Å²) in [5.74, 6) is 1.55. The lowest BCUT2D eigenvalue weighted by Crippen LogP contribution is -2.40. The third-order valence-electron chi connectivity index (χ3n) is 10.3. The van der Waals surface area contributed by atoms with Crippen molar-refractivity contribution in [1.82, 2.24) is 9.34 Å². The molecule has 4 aliphatic heterocycles. The molecular weight excluding hydrogens is 761 g/mol. The summed E-state index contributed by atoms with van der Waals surface area (Å²) < 4.78 is 34.1. The van der Waals surface area contributed by atoms with Crippen LogP contribution in [0.2, 0.25) is 0 Å². The zero-order valence-corrected chi connectivity index (χ0v) is 30.9. The quantitative estimate of drug-likeness (QED) is 0.115. The molecule has 4 aliphatic rings. The number of hydrogen-bond donors (Lipinski definition) is 0. The van der Waals surface area contributed by atoms with Crippen molar-refractivity contribution in [1.29, 1.82) is 0 Å². The summed E-state index contributed by atoms with van der Waals surface area (Å²) in [6, 6.07) is 49.2. The van der Waals surface area contributed by atoms with Crippen LogP contribution < -0.4 is 9.05 Å². The Labute approximate surface area is 304 Å². The van der Waals surface area contributed by atoms with Gasteiger partial charge < -0.3 is 9.05 Å². The summed E-state index contributed by atoms with van der Waals surface area (Å²) in [7, 11) is -2.78. The Morgan fingerprint density at radius 3 is 1.20 bits per heavy atom. The van der Waals surface area contributed by atoms with Gasteiger partial charge in [0.2, 0.25) is 0 Å². The van der Waals surface area contributed by atoms with Gasteiger partial charge in [0.05, 0.1) is 15.7 Å². The first-order chi connectivity index (χ1) is 24.2. The van der Waals surface area contributed by atoms with Crippen LogP contribution in [0.25, 0.3) is 0 Å². The molecule has 0 aliphatic carbocycles. The Bertz CT molecular complexity index is 1690. The molecule has 0 radical (unpaired) electrons. The van der Waals surface area contributed by atoms with Crippen molar-refractivity contribution in [2.45, 2.75) is 49.0 Å². The molecule has 6 nitrogen and oxygen atoms in total. The number of fused-ring (bicyclic) bond motifs is 2. The fourth-order valence-electron chi connectivity index (χ4n) is 8.19. The van der Waals surface area contributed by atoms with E-state index in [9.17, 15) is 0 Å². The standard InChI is InChI=1S/C40H37IN2O4P2/c41-38-34(44-48-42-28-14-26-36(42)39(46-48,30-16-5-1-6-17-30)31-18-7-2-8-19-31)24-13-25-35(38)45-49-43-29-15-27-37(43)40(47-49,32-20-9-3-10-21-32)33-22-11-4-12-23-33/h1-13,16-25,36-37H,14-15,26-29H2/t36-,37-,48?,49?/m0/s1. The van der Waals surface area contributed by atoms with Crippen molar-refractivity contribution >= 4 is 39.6 Å². The molecule has 0 spiro atoms. The van der Waals surface area contributed by atoms with Gasteiger partial charge in [-0.05, 0) is 82.7 Å². The lowest BCUT2D eigenvalue weighted by atomic mass is 9.79. The highest BCUT2D eigenvalue weighted by atomic mass is 127. The molecule has 4 fully saturated rings. The lowest BCUT2D eigenvalue weighted by molar-refractivity contribution is 0.108. The van der Waals surface area contributed by atoms with Gasteiger partial charge in [0.1, 0.15) is 22.7 Å². The van der Waals surface area contributed by atoms with E-state index >= 15 is 0 Å². The highest BCUT2D eigenvalue weighted by Crippen LogP contribution is 2.67. The van der Waals surface area contributed by atoms with Crippen LogP contribution in [-0.2, 0) is 20.2 Å². The summed E-state index contributed by atoms with van der Waals surface area (Å²) in [6.45, 7) is 1.89. The maximum absolute atomic E-state index is 7.20. The smallest absolute Gasteiger partial charge is 0.322 e. The van der Waals surface area contributed by atoms with Crippen LogP contribution in [0.1, 0.15) is 47.9 Å². The topological polar surface area (TPSA) is 43.4 Å². The molecule has 5 aromatic carbocycles. The molecule has 0 aromatic heterocycles. The summed E-state index contributed by atoms with van der Waals surface area (Å²) >= 11 is 2.38. The van der Waals surface area contributed by atoms with E-state index in [1.165, 1.54) is 22.3 Å². The SMILES string of the molecule is Ic1c(OP2OC(c3ccccc3)(c3ccccc3)[C@@H]3CCCN32)cccc1OP1OC(c2ccccc2)(c2ccccc2)[C@@H]2CCCN21. The maximum Gasteiger partial charge on any atom is 0.322 e. The molecule has 0 amide bonds. The maximum atomic E-state index is 7.20. The molecule has 2 unspecified atom stereocenters. The zero-order chi connectivity index (χ0) is 32.8. The summed E-state index contributed by atoms with van der Waals surface area (Å²) in [5, 5.41) is 0. The Kier molecular flexibility index (Phi) is 8.74. The van der Waals surface area contributed by atoms with Crippen molar-refractivity contribution in [3.63, 3.8) is 0 Å². The average molecular weight is 799 g/mol. The van der Waals surface area contributed by atoms with E-state index in [1.54, 1.807) is 0 Å². The predicted octanol–water partition coefficient (Wildman–Crippen LogP) is 10.4. The third-order valence-corrected chi connectivity index (χ3v) is 14.8. The van der Waals surface area contributed by atoms with Crippen LogP contribution in [0.15, 0.2) is 140 Å². The van der Waals surface area contributed by atoms with Gasteiger partial charge in [-0.2, -0.15) is 0 Å². The molecule has 9 heteroatoms. The second-order valence-corrected chi connectivity index (χ2v) is 16.8. The Morgan fingerprint density at radius 1 is 0.510 bits per heavy atom. The van der Waals surface area contributed by atoms with Gasteiger partial charge in [-0.25, -0.2) is 9.34 Å². The zero-order valence-electron chi connectivity index (χ0n) is 27.0. The van der Waals surface area contributed by atoms with Crippen molar-refractivity contribution in [2.75, 3.05) is 13.1 Å². The minimum absolute atomic E-state index is 0.187. The molecule has 49 heavy (non-hydrogen) atoms. The Balaban J connectivity index is 1.03. The fourth-order valence-corrected chi connectivity index (χ4v) is 13.0. The van der Waals surface area contributed by atoms with Gasteiger partial charge in [0, 0.05) is 13.1 Å². The van der Waals surface area contributed by atoms with Gasteiger partial charge in [-0.1, -0.05) is 127 Å². The Hall–Kier alpha value is -2.87. The van der Waals surface area contributed by atoms with Crippen molar-refractivity contribution in [2.24, 2.45) is 0 Å². The molecule has 4 heterocycles. The Morgan fingerprint density at radius 2 is 0.857 bits per heavy atom. The monoisotopic (exact) mass is 798 g/mol. The second kappa shape index (κ2) is 13.4. The number of rotatable bonds is 8. The second-order valence-electron chi connectivity index (χ2n) is 13.0. The lowest BCUT2D eigenvalue weighted by Gasteiger charge is -2.34. The highest BCUT2D eigenvalue weighted by molar-refractivity contribution is 14.1. The molecule has 5 aromatic rings. The van der Waals surface area contributed by atoms with Crippen LogP contribution in [0.3, 0.4) is 0 Å². The van der Waals surface area contributed by atoms with Crippen LogP contribution in [0, 0.1) is 3.57 Å². The molecule has 9 rings (SSSR count). The van der Waals surface area contributed by atoms with E-state index < -0.39 is 28.3 Å². The largest absolute Gasteiger partial charge is 0.434 e. The summed E-state index contributed by atoms with van der Waals surface area (Å²) in [5.41, 5.74) is 3.46. The summed E-state index contributed by atoms with van der Waals surface area (Å²) in [6.07, 6.45) is 4.33. The first-order valence-corrected chi connectivity index (χ1v) is 20.4. The van der Waals surface area contributed by atoms with Crippen molar-refractivity contribution in [3.8, 4) is 11.5 Å². The predicted molar refractivity (Wildman–Crippen MR) is 203 cm³/mol. The van der Waals surface area contributed by atoms with Crippen LogP contribution in [0.5, 0.6) is 11.5 Å². The van der Waals surface area contributed by atoms with E-state index in [4.69, 9.17) is 18.1 Å². The van der Waals surface area contributed by atoms with Crippen molar-refractivity contribution in [3.05, 3.63) is 165 Å². The summed E-state index contributed by atoms with van der Waals surface area (Å²) in [4.78, 5) is 0. The van der Waals surface area contributed by atoms with E-state index in [1.807, 2.05) is 18.2 Å². The van der Waals surface area contributed by atoms with Gasteiger partial charge in [-0.3, -0.25) is 9.05 Å². The van der Waals surface area contributed by atoms with E-state index in [2.05, 4.69) is 153 Å². The molecule has 0 bridgehead atoms. The van der Waals surface area contributed by atoms with Crippen molar-refractivity contribution < 1.29 is 18.1 Å². The molecule has 248 valence electrons. The van der Waals surface area contributed by atoms with Crippen LogP contribution in [0.4, 0.5) is 0 Å². The highest BCUT2D eigenvalue weighted by Gasteiger charge is 2.60. The van der Waals surface area contributed by atoms with Gasteiger partial charge >= 0.3 is 17.1 Å². The third kappa shape index (κ3) is 5.36. The van der Waals surface area contributed by atoms with E-state index in [0.29, 0.717) is 0 Å². The first-order valence-electron chi connectivity index (χ1n) is 17.1. The van der Waals surface area contributed by atoms with Gasteiger partial charge in [0.25, 0.3) is 0 Å². The van der Waals surface area contributed by atoms with Gasteiger partial charge in [0.15, 0.2) is 0 Å². The minimum atomic E-state index is -1.39. The molecule has 4 atom stereocenters. The normalized spacial score (nSPS) is 25.6. The van der Waals surface area contributed by atoms with Crippen LogP contribution >= 0.6 is 39.6 Å². The molecular formula is C40H37IN2O4P2. The number of hydrogen-bond acceptors (Lipinski definition) is 6. The fraction of sp³-hybridized carbons (Fsp3) is 0.250. The number of nitrogens with zero attached hydrogens (tertiary/aromatic N) is 2. The minimum Gasteiger partial charge on any atom is -0.434 e. The first kappa shape index (κ1) is 32.1. The molecule has 4 saturated heterocycles. The van der Waals surface area contributed by atoms with Gasteiger partial charge in [-0.15, -0.1) is 0 Å². The van der Waals surface area contributed by atoms with Crippen LogP contribution in [-0.4, -0.2) is 34.5 Å².